The summed E-state index contributed by atoms with van der Waals surface area (Å²) in [4.78, 5) is 4.24. The normalized spacial score (nSPS) is 16.0. The molecule has 0 saturated heterocycles. The Morgan fingerprint density at radius 1 is 1.40 bits per heavy atom. The summed E-state index contributed by atoms with van der Waals surface area (Å²) in [6.45, 7) is 0. The number of pyridine rings is 1. The van der Waals surface area contributed by atoms with E-state index in [1.807, 2.05) is 12.3 Å². The van der Waals surface area contributed by atoms with Crippen LogP contribution in [-0.2, 0) is 0 Å². The van der Waals surface area contributed by atoms with E-state index in [4.69, 9.17) is 0 Å². The van der Waals surface area contributed by atoms with Crippen LogP contribution in [0.2, 0.25) is 0 Å². The molecular formula is C8H10LiN. The number of rotatable bonds is 1. The van der Waals surface area contributed by atoms with E-state index in [1.54, 1.807) is 0 Å². The first-order chi connectivity index (χ1) is 4.47. The van der Waals surface area contributed by atoms with Crippen molar-refractivity contribution in [3.8, 4) is 0 Å². The van der Waals surface area contributed by atoms with Gasteiger partial charge in [-0.1, -0.05) is 6.07 Å². The SMILES string of the molecule is [H-].[Li+].c1ccc(C2CC2)nc1. The Morgan fingerprint density at radius 2 is 2.20 bits per heavy atom. The smallest absolute Gasteiger partial charge is 1.00 e. The summed E-state index contributed by atoms with van der Waals surface area (Å²) in [7, 11) is 0. The van der Waals surface area contributed by atoms with Crippen molar-refractivity contribution in [1.82, 2.24) is 4.98 Å². The summed E-state index contributed by atoms with van der Waals surface area (Å²) in [5.74, 6) is 0.797. The second-order valence-corrected chi connectivity index (χ2v) is 2.53. The third-order valence-corrected chi connectivity index (χ3v) is 1.68. The molecular weight excluding hydrogens is 117 g/mol. The Hall–Kier alpha value is -0.253. The molecule has 2 rings (SSSR count). The van der Waals surface area contributed by atoms with Gasteiger partial charge in [-0.15, -0.1) is 0 Å². The summed E-state index contributed by atoms with van der Waals surface area (Å²) in [6, 6.07) is 6.13. The van der Waals surface area contributed by atoms with Crippen molar-refractivity contribution in [3.63, 3.8) is 0 Å². The zero-order valence-electron chi connectivity index (χ0n) is 7.25. The predicted molar refractivity (Wildman–Crippen MR) is 37.3 cm³/mol. The van der Waals surface area contributed by atoms with Gasteiger partial charge in [0, 0.05) is 17.8 Å². The van der Waals surface area contributed by atoms with E-state index in [0.29, 0.717) is 0 Å². The van der Waals surface area contributed by atoms with Crippen molar-refractivity contribution in [2.75, 3.05) is 0 Å². The van der Waals surface area contributed by atoms with E-state index in [0.717, 1.165) is 5.92 Å². The first-order valence-electron chi connectivity index (χ1n) is 3.38. The quantitative estimate of drug-likeness (QED) is 0.444. The molecule has 1 aliphatic rings. The zero-order chi connectivity index (χ0) is 6.10. The molecule has 0 N–H and O–H groups in total. The Bertz CT molecular complexity index is 199. The van der Waals surface area contributed by atoms with Crippen molar-refractivity contribution in [2.45, 2.75) is 18.8 Å². The molecule has 0 aromatic carbocycles. The van der Waals surface area contributed by atoms with E-state index in [1.165, 1.54) is 18.5 Å². The fraction of sp³-hybridized carbons (Fsp3) is 0.375. The molecule has 0 bridgehead atoms. The van der Waals surface area contributed by atoms with Gasteiger partial charge in [0.05, 0.1) is 0 Å². The molecule has 1 aromatic rings. The van der Waals surface area contributed by atoms with Gasteiger partial charge in [-0.3, -0.25) is 4.98 Å². The van der Waals surface area contributed by atoms with Crippen LogP contribution in [0.1, 0.15) is 25.9 Å². The van der Waals surface area contributed by atoms with Crippen molar-refractivity contribution in [2.24, 2.45) is 0 Å². The molecule has 1 fully saturated rings. The van der Waals surface area contributed by atoms with Gasteiger partial charge >= 0.3 is 18.9 Å². The molecule has 0 unspecified atom stereocenters. The van der Waals surface area contributed by atoms with Crippen LogP contribution in [0, 0.1) is 0 Å². The summed E-state index contributed by atoms with van der Waals surface area (Å²) in [6.07, 6.45) is 4.56. The van der Waals surface area contributed by atoms with Crippen molar-refractivity contribution >= 4 is 0 Å². The minimum Gasteiger partial charge on any atom is -1.00 e. The average Bonchev–Trinajstić information content (AvgIpc) is 2.71. The maximum absolute atomic E-state index is 4.24. The van der Waals surface area contributed by atoms with Crippen LogP contribution < -0.4 is 18.9 Å². The zero-order valence-corrected chi connectivity index (χ0v) is 6.25. The molecule has 10 heavy (non-hydrogen) atoms. The van der Waals surface area contributed by atoms with Gasteiger partial charge in [0.15, 0.2) is 0 Å². The first-order valence-corrected chi connectivity index (χ1v) is 3.38. The first kappa shape index (κ1) is 7.85. The molecule has 0 aliphatic heterocycles. The molecule has 1 aromatic heterocycles. The molecule has 1 heterocycles. The molecule has 1 nitrogen and oxygen atoms in total. The number of aromatic nitrogens is 1. The fourth-order valence-electron chi connectivity index (χ4n) is 0.997. The Kier molecular flexibility index (Phi) is 2.54. The Morgan fingerprint density at radius 3 is 2.70 bits per heavy atom. The maximum Gasteiger partial charge on any atom is 1.00 e. The predicted octanol–water partition coefficient (Wildman–Crippen LogP) is -0.924. The van der Waals surface area contributed by atoms with Crippen molar-refractivity contribution in [3.05, 3.63) is 30.1 Å². The maximum atomic E-state index is 4.24. The van der Waals surface area contributed by atoms with Gasteiger partial charge in [0.1, 0.15) is 0 Å². The van der Waals surface area contributed by atoms with E-state index in [-0.39, 0.29) is 20.3 Å². The molecule has 0 radical (unpaired) electrons. The monoisotopic (exact) mass is 127 g/mol. The second kappa shape index (κ2) is 3.23. The number of hydrogen-bond acceptors (Lipinski definition) is 1. The van der Waals surface area contributed by atoms with E-state index in [9.17, 15) is 0 Å². The van der Waals surface area contributed by atoms with Crippen LogP contribution in [0.3, 0.4) is 0 Å². The summed E-state index contributed by atoms with van der Waals surface area (Å²) < 4.78 is 0. The average molecular weight is 127 g/mol. The standard InChI is InChI=1S/C8H9N.Li.H/c1-2-6-9-8(3-1)7-4-5-7;;/h1-3,6-7H,4-5H2;;/q;+1;-1. The van der Waals surface area contributed by atoms with Gasteiger partial charge in [-0.2, -0.15) is 0 Å². The number of hydrogen-bond donors (Lipinski definition) is 0. The van der Waals surface area contributed by atoms with Crippen LogP contribution in [-0.4, -0.2) is 4.98 Å². The largest absolute Gasteiger partial charge is 1.00 e. The van der Waals surface area contributed by atoms with E-state index < -0.39 is 0 Å². The minimum absolute atomic E-state index is 0. The molecule has 1 saturated carbocycles. The summed E-state index contributed by atoms with van der Waals surface area (Å²) >= 11 is 0. The van der Waals surface area contributed by atoms with Crippen LogP contribution in [0.25, 0.3) is 0 Å². The third kappa shape index (κ3) is 1.62. The van der Waals surface area contributed by atoms with Crippen molar-refractivity contribution in [1.29, 1.82) is 0 Å². The van der Waals surface area contributed by atoms with Gasteiger partial charge < -0.3 is 1.43 Å². The van der Waals surface area contributed by atoms with Gasteiger partial charge in [0.25, 0.3) is 0 Å². The van der Waals surface area contributed by atoms with Crippen molar-refractivity contribution < 1.29 is 20.3 Å². The molecule has 48 valence electrons. The topological polar surface area (TPSA) is 12.9 Å². The van der Waals surface area contributed by atoms with Gasteiger partial charge in [-0.25, -0.2) is 0 Å². The van der Waals surface area contributed by atoms with Gasteiger partial charge in [-0.05, 0) is 25.0 Å². The molecule has 0 atom stereocenters. The number of nitrogens with zero attached hydrogens (tertiary/aromatic N) is 1. The second-order valence-electron chi connectivity index (χ2n) is 2.53. The van der Waals surface area contributed by atoms with Crippen LogP contribution >= 0.6 is 0 Å². The minimum atomic E-state index is 0. The molecule has 1 aliphatic carbocycles. The Balaban J connectivity index is 0.000000500. The summed E-state index contributed by atoms with van der Waals surface area (Å²) in [5.41, 5.74) is 1.28. The van der Waals surface area contributed by atoms with Gasteiger partial charge in [0.2, 0.25) is 0 Å². The molecule has 2 heteroatoms. The fourth-order valence-corrected chi connectivity index (χ4v) is 0.997. The van der Waals surface area contributed by atoms with Crippen LogP contribution in [0.15, 0.2) is 24.4 Å². The molecule has 0 amide bonds. The summed E-state index contributed by atoms with van der Waals surface area (Å²) in [5, 5.41) is 0. The Labute approximate surface area is 74.5 Å². The van der Waals surface area contributed by atoms with Crippen LogP contribution in [0.4, 0.5) is 0 Å². The molecule has 0 spiro atoms. The van der Waals surface area contributed by atoms with Crippen LogP contribution in [0.5, 0.6) is 0 Å². The van der Waals surface area contributed by atoms with E-state index in [2.05, 4.69) is 17.1 Å². The third-order valence-electron chi connectivity index (χ3n) is 1.68. The van der Waals surface area contributed by atoms with E-state index >= 15 is 0 Å².